The Kier molecular flexibility index (Phi) is 6.70. The molecule has 1 aliphatic rings. The Balaban J connectivity index is 1.80. The summed E-state index contributed by atoms with van der Waals surface area (Å²) in [6.07, 6.45) is 1.51. The molecule has 0 aliphatic carbocycles. The maximum atomic E-state index is 13.7. The molecule has 2 aromatic heterocycles. The quantitative estimate of drug-likeness (QED) is 0.302. The molecule has 39 heavy (non-hydrogen) atoms. The van der Waals surface area contributed by atoms with Crippen LogP contribution < -0.4 is 9.47 Å². The number of fused-ring (bicyclic) bond motifs is 3. The molecule has 0 saturated heterocycles. The normalized spacial score (nSPS) is 12.2. The lowest BCUT2D eigenvalue weighted by Crippen LogP contribution is -2.43. The fourth-order valence-electron chi connectivity index (χ4n) is 4.26. The van der Waals surface area contributed by atoms with Crippen molar-refractivity contribution in [2.75, 3.05) is 14.2 Å². The third-order valence-electron chi connectivity index (χ3n) is 6.53. The van der Waals surface area contributed by atoms with Crippen LogP contribution in [0.4, 0.5) is 0 Å². The summed E-state index contributed by atoms with van der Waals surface area (Å²) in [6.45, 7) is 5.96. The number of nitriles is 1. The highest BCUT2D eigenvalue weighted by atomic mass is 35.5. The van der Waals surface area contributed by atoms with Crippen LogP contribution in [0.2, 0.25) is 10.0 Å². The second kappa shape index (κ2) is 9.88. The molecule has 3 heterocycles. The van der Waals surface area contributed by atoms with Crippen molar-refractivity contribution in [3.63, 3.8) is 0 Å². The van der Waals surface area contributed by atoms with E-state index in [1.54, 1.807) is 40.9 Å². The number of carbonyl (C=O) groups is 1. The van der Waals surface area contributed by atoms with E-state index in [0.29, 0.717) is 55.4 Å². The predicted octanol–water partition coefficient (Wildman–Crippen LogP) is 5.95. The molecule has 0 bridgehead atoms. The summed E-state index contributed by atoms with van der Waals surface area (Å²) in [5.41, 5.74) is 3.04. The summed E-state index contributed by atoms with van der Waals surface area (Å²) in [6, 6.07) is 12.2. The topological polar surface area (TPSA) is 106 Å². The number of ether oxygens (including phenoxy) is 2. The molecule has 1 aliphatic heterocycles. The van der Waals surface area contributed by atoms with Gasteiger partial charge in [0.25, 0.3) is 5.91 Å². The zero-order valence-electron chi connectivity index (χ0n) is 21.9. The molecule has 4 aromatic rings. The maximum Gasteiger partial charge on any atom is 0.274 e. The van der Waals surface area contributed by atoms with Crippen molar-refractivity contribution in [3.05, 3.63) is 69.6 Å². The average Bonchev–Trinajstić information content (AvgIpc) is 3.30. The van der Waals surface area contributed by atoms with Gasteiger partial charge in [-0.05, 0) is 51.1 Å². The van der Waals surface area contributed by atoms with E-state index in [1.165, 1.54) is 19.4 Å². The molecule has 1 amide bonds. The van der Waals surface area contributed by atoms with Crippen LogP contribution in [0, 0.1) is 11.3 Å². The molecule has 0 unspecified atom stereocenters. The van der Waals surface area contributed by atoms with Crippen LogP contribution in [0.25, 0.3) is 28.3 Å². The fourth-order valence-corrected chi connectivity index (χ4v) is 4.77. The first-order valence-electron chi connectivity index (χ1n) is 12.0. The summed E-state index contributed by atoms with van der Waals surface area (Å²) >= 11 is 12.7. The number of methoxy groups -OCH3 is 1. The van der Waals surface area contributed by atoms with Gasteiger partial charge in [-0.1, -0.05) is 23.2 Å². The largest absolute Gasteiger partial charge is 0.496 e. The highest BCUT2D eigenvalue weighted by Gasteiger charge is 2.35. The van der Waals surface area contributed by atoms with Crippen LogP contribution in [0.15, 0.2) is 42.6 Å². The van der Waals surface area contributed by atoms with Crippen LogP contribution >= 0.6 is 23.2 Å². The van der Waals surface area contributed by atoms with E-state index in [4.69, 9.17) is 37.8 Å². The van der Waals surface area contributed by atoms with Gasteiger partial charge in [-0.15, -0.1) is 0 Å². The van der Waals surface area contributed by atoms with E-state index < -0.39 is 5.54 Å². The first-order valence-corrected chi connectivity index (χ1v) is 12.7. The lowest BCUT2D eigenvalue weighted by atomic mass is 9.98. The summed E-state index contributed by atoms with van der Waals surface area (Å²) in [5, 5.41) is 15.0. The highest BCUT2D eigenvalue weighted by molar-refractivity contribution is 6.34. The molecule has 2 aromatic carbocycles. The van der Waals surface area contributed by atoms with E-state index in [2.05, 4.69) is 9.97 Å². The number of nitrogens with zero attached hydrogens (tertiary/aromatic N) is 6. The minimum Gasteiger partial charge on any atom is -0.496 e. The van der Waals surface area contributed by atoms with Crippen molar-refractivity contribution in [1.82, 2.24) is 24.6 Å². The van der Waals surface area contributed by atoms with Crippen LogP contribution in [-0.2, 0) is 6.61 Å². The first-order chi connectivity index (χ1) is 18.5. The summed E-state index contributed by atoms with van der Waals surface area (Å²) < 4.78 is 13.4. The number of benzene rings is 2. The molecule has 0 radical (unpaired) electrons. The lowest BCUT2D eigenvalue weighted by molar-refractivity contribution is 0.0646. The third-order valence-corrected chi connectivity index (χ3v) is 6.97. The zero-order valence-corrected chi connectivity index (χ0v) is 23.4. The van der Waals surface area contributed by atoms with Gasteiger partial charge in [0.2, 0.25) is 0 Å². The van der Waals surface area contributed by atoms with Crippen molar-refractivity contribution in [2.24, 2.45) is 0 Å². The molecule has 11 heteroatoms. The zero-order chi connectivity index (χ0) is 28.1. The third kappa shape index (κ3) is 4.78. The Morgan fingerprint density at radius 2 is 1.87 bits per heavy atom. The van der Waals surface area contributed by atoms with Crippen LogP contribution in [0.3, 0.4) is 0 Å². The van der Waals surface area contributed by atoms with Crippen LogP contribution in [0.5, 0.6) is 11.5 Å². The van der Waals surface area contributed by atoms with Gasteiger partial charge in [-0.2, -0.15) is 10.4 Å². The minimum absolute atomic E-state index is 0.110. The predicted molar refractivity (Wildman–Crippen MR) is 147 cm³/mol. The van der Waals surface area contributed by atoms with Crippen molar-refractivity contribution in [2.45, 2.75) is 32.9 Å². The fraction of sp³-hybridized carbons (Fsp3) is 0.250. The van der Waals surface area contributed by atoms with Gasteiger partial charge in [-0.3, -0.25) is 4.79 Å². The summed E-state index contributed by atoms with van der Waals surface area (Å²) in [4.78, 5) is 24.0. The molecule has 0 N–H and O–H groups in total. The number of halogens is 2. The van der Waals surface area contributed by atoms with Gasteiger partial charge in [-0.25, -0.2) is 14.6 Å². The number of hydrogen-bond acceptors (Lipinski definition) is 7. The smallest absolute Gasteiger partial charge is 0.274 e. The molecule has 0 atom stereocenters. The van der Waals surface area contributed by atoms with E-state index in [0.717, 1.165) is 0 Å². The Morgan fingerprint density at radius 3 is 2.51 bits per heavy atom. The lowest BCUT2D eigenvalue weighted by Gasteiger charge is -2.31. The van der Waals surface area contributed by atoms with Gasteiger partial charge in [0.15, 0.2) is 11.5 Å². The van der Waals surface area contributed by atoms with Crippen molar-refractivity contribution < 1.29 is 14.3 Å². The first kappa shape index (κ1) is 26.5. The van der Waals surface area contributed by atoms with E-state index >= 15 is 0 Å². The van der Waals surface area contributed by atoms with Gasteiger partial charge in [0.1, 0.15) is 29.9 Å². The van der Waals surface area contributed by atoms with Gasteiger partial charge < -0.3 is 14.4 Å². The van der Waals surface area contributed by atoms with Crippen molar-refractivity contribution in [3.8, 4) is 45.9 Å². The highest BCUT2D eigenvalue weighted by Crippen LogP contribution is 2.46. The molecule has 0 fully saturated rings. The standard InChI is InChI=1S/C28H24Cl2N6O3/c1-28(2,3)35(4)27(37)24-21-14-39-23-12-22(38-5)20(26-32-7-6-17(13-31)33-26)11-19(23)25(21)36(34-24)18-9-15(29)8-16(30)10-18/h6-12H,14H2,1-5H3. The van der Waals surface area contributed by atoms with Gasteiger partial charge in [0.05, 0.1) is 24.1 Å². The number of aromatic nitrogens is 4. The monoisotopic (exact) mass is 562 g/mol. The van der Waals surface area contributed by atoms with Gasteiger partial charge in [0, 0.05) is 46.0 Å². The van der Waals surface area contributed by atoms with E-state index in [1.807, 2.05) is 32.9 Å². The Bertz CT molecular complexity index is 1650. The summed E-state index contributed by atoms with van der Waals surface area (Å²) in [5.74, 6) is 1.04. The van der Waals surface area contributed by atoms with Gasteiger partial charge >= 0.3 is 0 Å². The maximum absolute atomic E-state index is 13.7. The molecule has 0 saturated carbocycles. The number of hydrogen-bond donors (Lipinski definition) is 0. The molecule has 0 spiro atoms. The molecule has 198 valence electrons. The number of rotatable bonds is 4. The molecular formula is C28H24Cl2N6O3. The molecule has 5 rings (SSSR count). The van der Waals surface area contributed by atoms with E-state index in [-0.39, 0.29) is 23.9 Å². The Hall–Kier alpha value is -4.13. The SMILES string of the molecule is COc1cc2c(cc1-c1nccc(C#N)n1)-c1c(c(C(=O)N(C)C(C)(C)C)nn1-c1cc(Cl)cc(Cl)c1)CO2. The van der Waals surface area contributed by atoms with Crippen molar-refractivity contribution in [1.29, 1.82) is 5.26 Å². The Labute approximate surface area is 235 Å². The second-order valence-electron chi connectivity index (χ2n) is 9.96. The second-order valence-corrected chi connectivity index (χ2v) is 10.8. The Morgan fingerprint density at radius 1 is 1.15 bits per heavy atom. The van der Waals surface area contributed by atoms with E-state index in [9.17, 15) is 10.1 Å². The van der Waals surface area contributed by atoms with Crippen molar-refractivity contribution >= 4 is 29.1 Å². The number of carbonyl (C=O) groups excluding carboxylic acids is 1. The van der Waals surface area contributed by atoms with Crippen LogP contribution in [-0.4, -0.2) is 50.3 Å². The average molecular weight is 563 g/mol. The van der Waals surface area contributed by atoms with Crippen LogP contribution in [0.1, 0.15) is 42.5 Å². The number of amides is 1. The molecular weight excluding hydrogens is 539 g/mol. The summed E-state index contributed by atoms with van der Waals surface area (Å²) in [7, 11) is 3.27. The molecule has 9 nitrogen and oxygen atoms in total. The minimum atomic E-state index is -0.440.